The molecule has 0 amide bonds. The van der Waals surface area contributed by atoms with Crippen LogP contribution in [0.3, 0.4) is 0 Å². The maximum atomic E-state index is 12.0. The van der Waals surface area contributed by atoms with Gasteiger partial charge < -0.3 is 0 Å². The van der Waals surface area contributed by atoms with E-state index in [1.165, 1.54) is 0 Å². The van der Waals surface area contributed by atoms with Crippen molar-refractivity contribution in [2.24, 2.45) is 0 Å². The van der Waals surface area contributed by atoms with Crippen LogP contribution in [-0.4, -0.2) is 0 Å². The van der Waals surface area contributed by atoms with E-state index < -0.39 is 11.7 Å². The summed E-state index contributed by atoms with van der Waals surface area (Å²) in [4.78, 5) is 0. The molecule has 0 heterocycles. The number of hydrogen-bond donors (Lipinski definition) is 0. The minimum Gasteiger partial charge on any atom is -0.166 e. The molecule has 0 saturated carbocycles. The van der Waals surface area contributed by atoms with Crippen LogP contribution >= 0.6 is 0 Å². The van der Waals surface area contributed by atoms with Gasteiger partial charge in [-0.05, 0) is 30.2 Å². The summed E-state index contributed by atoms with van der Waals surface area (Å²) < 4.78 is 47.4. The Morgan fingerprint density at radius 3 is 1.92 bits per heavy atom. The summed E-state index contributed by atoms with van der Waals surface area (Å²) in [5.74, 6) is 2.00. The lowest BCUT2D eigenvalue weighted by Crippen LogP contribution is -2.03. The monoisotopic (exact) mass is 188 g/mol. The fraction of sp³-hybridized carbons (Fsp3) is 0.111. The second-order valence-corrected chi connectivity index (χ2v) is 2.29. The highest BCUT2D eigenvalue weighted by Crippen LogP contribution is 2.28. The molecule has 0 bridgehead atoms. The molecule has 0 aliphatic carbocycles. The van der Waals surface area contributed by atoms with Crippen LogP contribution in [0, 0.1) is 12.1 Å². The van der Waals surface area contributed by atoms with Crippen LogP contribution < -0.4 is 0 Å². The van der Waals surface area contributed by atoms with E-state index in [9.17, 15) is 17.6 Å². The lowest BCUT2D eigenvalue weighted by Gasteiger charge is -2.05. The molecule has 0 atom stereocenters. The molecule has 0 nitrogen and oxygen atoms in total. The van der Waals surface area contributed by atoms with Crippen molar-refractivity contribution >= 4 is 0 Å². The molecular formula is C9H4F4. The molecule has 1 rings (SSSR count). The van der Waals surface area contributed by atoms with E-state index in [4.69, 9.17) is 0 Å². The Kier molecular flexibility index (Phi) is 2.57. The second-order valence-electron chi connectivity index (χ2n) is 2.29. The molecule has 68 valence electrons. The van der Waals surface area contributed by atoms with Crippen molar-refractivity contribution in [1.82, 2.24) is 0 Å². The van der Waals surface area contributed by atoms with Crippen molar-refractivity contribution in [3.8, 4) is 12.1 Å². The first-order valence-corrected chi connectivity index (χ1v) is 3.33. The summed E-state index contributed by atoms with van der Waals surface area (Å²) in [6.45, 7) is 0. The Morgan fingerprint density at radius 2 is 1.54 bits per heavy atom. The van der Waals surface area contributed by atoms with Crippen LogP contribution in [0.1, 0.15) is 11.1 Å². The summed E-state index contributed by atoms with van der Waals surface area (Å²) in [6, 6.07) is 3.96. The van der Waals surface area contributed by atoms with Crippen molar-refractivity contribution in [3.05, 3.63) is 35.4 Å². The largest absolute Gasteiger partial charge is 0.416 e. The minimum atomic E-state index is -4.36. The van der Waals surface area contributed by atoms with E-state index in [0.717, 1.165) is 30.4 Å². The number of rotatable bonds is 0. The molecule has 13 heavy (non-hydrogen) atoms. The van der Waals surface area contributed by atoms with E-state index in [-0.39, 0.29) is 5.56 Å². The molecule has 0 aromatic heterocycles. The number of benzene rings is 1. The summed E-state index contributed by atoms with van der Waals surface area (Å²) in [6.07, 6.45) is -3.25. The topological polar surface area (TPSA) is 0 Å². The molecule has 0 aliphatic rings. The summed E-state index contributed by atoms with van der Waals surface area (Å²) in [7, 11) is 0. The molecular weight excluding hydrogens is 184 g/mol. The standard InChI is InChI=1S/C9H4F4/c10-6-5-7-1-3-8(4-2-7)9(11,12)13/h1-4H. The van der Waals surface area contributed by atoms with Gasteiger partial charge in [-0.15, -0.1) is 4.39 Å². The minimum absolute atomic E-state index is 0.218. The van der Waals surface area contributed by atoms with Crippen molar-refractivity contribution < 1.29 is 17.6 Å². The van der Waals surface area contributed by atoms with Crippen LogP contribution in [0.5, 0.6) is 0 Å². The van der Waals surface area contributed by atoms with Crippen LogP contribution in [-0.2, 0) is 6.18 Å². The first-order chi connectivity index (χ1) is 6.04. The first-order valence-electron chi connectivity index (χ1n) is 3.33. The summed E-state index contributed by atoms with van der Waals surface area (Å²) in [5, 5.41) is 0. The van der Waals surface area contributed by atoms with Crippen molar-refractivity contribution in [3.63, 3.8) is 0 Å². The van der Waals surface area contributed by atoms with Gasteiger partial charge in [-0.3, -0.25) is 0 Å². The van der Waals surface area contributed by atoms with E-state index in [0.29, 0.717) is 0 Å². The lowest BCUT2D eigenvalue weighted by atomic mass is 10.1. The number of hydrogen-bond acceptors (Lipinski definition) is 0. The molecule has 1 aromatic rings. The SMILES string of the molecule is FC#Cc1ccc(C(F)(F)F)cc1. The molecule has 0 saturated heterocycles. The molecule has 4 heteroatoms. The van der Waals surface area contributed by atoms with Crippen molar-refractivity contribution in [1.29, 1.82) is 0 Å². The van der Waals surface area contributed by atoms with E-state index >= 15 is 0 Å². The van der Waals surface area contributed by atoms with Gasteiger partial charge in [0.1, 0.15) is 6.17 Å². The van der Waals surface area contributed by atoms with E-state index in [2.05, 4.69) is 0 Å². The molecule has 0 unspecified atom stereocenters. The third-order valence-electron chi connectivity index (χ3n) is 1.40. The molecule has 0 fully saturated rings. The Hall–Kier alpha value is -1.50. The van der Waals surface area contributed by atoms with Gasteiger partial charge in [-0.1, -0.05) is 0 Å². The van der Waals surface area contributed by atoms with Gasteiger partial charge in [-0.2, -0.15) is 13.2 Å². The average Bonchev–Trinajstić information content (AvgIpc) is 2.04. The van der Waals surface area contributed by atoms with Gasteiger partial charge in [-0.25, -0.2) is 0 Å². The predicted octanol–water partition coefficient (Wildman–Crippen LogP) is 2.98. The molecule has 0 N–H and O–H groups in total. The van der Waals surface area contributed by atoms with Gasteiger partial charge in [0.2, 0.25) is 0 Å². The predicted molar refractivity (Wildman–Crippen MR) is 39.4 cm³/mol. The lowest BCUT2D eigenvalue weighted by molar-refractivity contribution is -0.137. The van der Waals surface area contributed by atoms with Crippen LogP contribution in [0.15, 0.2) is 24.3 Å². The van der Waals surface area contributed by atoms with Crippen molar-refractivity contribution in [2.45, 2.75) is 6.18 Å². The summed E-state index contributed by atoms with van der Waals surface area (Å²) >= 11 is 0. The zero-order valence-corrected chi connectivity index (χ0v) is 6.32. The van der Waals surface area contributed by atoms with E-state index in [1.54, 1.807) is 0 Å². The smallest absolute Gasteiger partial charge is 0.166 e. The molecule has 0 spiro atoms. The highest BCUT2D eigenvalue weighted by atomic mass is 19.4. The first kappa shape index (κ1) is 9.59. The number of alkyl halides is 3. The van der Waals surface area contributed by atoms with Crippen LogP contribution in [0.25, 0.3) is 0 Å². The molecule has 0 radical (unpaired) electrons. The zero-order valence-electron chi connectivity index (χ0n) is 6.32. The normalized spacial score (nSPS) is 10.5. The molecule has 1 aromatic carbocycles. The quantitative estimate of drug-likeness (QED) is 0.433. The number of halogens is 4. The third-order valence-corrected chi connectivity index (χ3v) is 1.40. The highest BCUT2D eigenvalue weighted by Gasteiger charge is 2.29. The zero-order chi connectivity index (χ0) is 9.90. The Bertz CT molecular complexity index is 337. The van der Waals surface area contributed by atoms with Gasteiger partial charge >= 0.3 is 6.18 Å². The maximum Gasteiger partial charge on any atom is 0.416 e. The van der Waals surface area contributed by atoms with Gasteiger partial charge in [0, 0.05) is 5.56 Å². The maximum absolute atomic E-state index is 12.0. The Labute approximate surface area is 72.2 Å². The highest BCUT2D eigenvalue weighted by molar-refractivity contribution is 5.35. The van der Waals surface area contributed by atoms with Gasteiger partial charge in [0.05, 0.1) is 5.56 Å². The van der Waals surface area contributed by atoms with E-state index in [1.807, 2.05) is 5.92 Å². The van der Waals surface area contributed by atoms with Gasteiger partial charge in [0.25, 0.3) is 0 Å². The average molecular weight is 188 g/mol. The second kappa shape index (κ2) is 3.48. The van der Waals surface area contributed by atoms with Crippen LogP contribution in [0.4, 0.5) is 17.6 Å². The summed E-state index contributed by atoms with van der Waals surface area (Å²) in [5.41, 5.74) is -0.549. The third kappa shape index (κ3) is 2.48. The van der Waals surface area contributed by atoms with Crippen molar-refractivity contribution in [2.75, 3.05) is 0 Å². The van der Waals surface area contributed by atoms with Crippen LogP contribution in [0.2, 0.25) is 0 Å². The molecule has 0 aliphatic heterocycles. The Balaban J connectivity index is 2.98. The van der Waals surface area contributed by atoms with Gasteiger partial charge in [0.15, 0.2) is 0 Å². The fourth-order valence-corrected chi connectivity index (χ4v) is 0.797. The fourth-order valence-electron chi connectivity index (χ4n) is 0.797. The Morgan fingerprint density at radius 1 is 1.00 bits per heavy atom.